The van der Waals surface area contributed by atoms with Crippen LogP contribution in [0.1, 0.15) is 37.9 Å². The minimum absolute atomic E-state index is 0.565. The average molecular weight is 252 g/mol. The maximum atomic E-state index is 5.40. The van der Waals surface area contributed by atoms with E-state index in [2.05, 4.69) is 5.32 Å². The second-order valence-electron chi connectivity index (χ2n) is 4.72. The van der Waals surface area contributed by atoms with Crippen LogP contribution in [0.15, 0.2) is 22.8 Å². The van der Waals surface area contributed by atoms with Crippen molar-refractivity contribution in [3.8, 4) is 0 Å². The van der Waals surface area contributed by atoms with Crippen molar-refractivity contribution in [2.24, 2.45) is 0 Å². The van der Waals surface area contributed by atoms with Crippen molar-refractivity contribution in [1.82, 2.24) is 10.2 Å². The largest absolute Gasteiger partial charge is 0.467 e. The van der Waals surface area contributed by atoms with E-state index in [9.17, 15) is 0 Å². The van der Waals surface area contributed by atoms with E-state index in [0.29, 0.717) is 6.04 Å². The Kier molecular flexibility index (Phi) is 4.42. The van der Waals surface area contributed by atoms with E-state index in [1.165, 1.54) is 32.1 Å². The van der Waals surface area contributed by atoms with Crippen LogP contribution in [0.4, 0.5) is 0 Å². The van der Waals surface area contributed by atoms with Gasteiger partial charge >= 0.3 is 0 Å². The molecule has 0 saturated heterocycles. The van der Waals surface area contributed by atoms with Crippen molar-refractivity contribution >= 4 is 17.3 Å². The molecule has 17 heavy (non-hydrogen) atoms. The van der Waals surface area contributed by atoms with Crippen LogP contribution >= 0.6 is 12.2 Å². The third-order valence-electron chi connectivity index (χ3n) is 3.25. The van der Waals surface area contributed by atoms with Crippen LogP contribution in [-0.4, -0.2) is 23.1 Å². The number of nitrogens with zero attached hydrogens (tertiary/aromatic N) is 1. The molecule has 0 aromatic carbocycles. The zero-order valence-electron chi connectivity index (χ0n) is 10.3. The van der Waals surface area contributed by atoms with Crippen molar-refractivity contribution in [2.75, 3.05) is 7.05 Å². The Hall–Kier alpha value is -1.03. The molecule has 1 saturated carbocycles. The molecule has 0 atom stereocenters. The van der Waals surface area contributed by atoms with Crippen LogP contribution in [0.2, 0.25) is 0 Å². The zero-order valence-corrected chi connectivity index (χ0v) is 11.1. The summed E-state index contributed by atoms with van der Waals surface area (Å²) in [7, 11) is 2.00. The molecule has 0 amide bonds. The van der Waals surface area contributed by atoms with Gasteiger partial charge in [-0.1, -0.05) is 19.3 Å². The standard InChI is InChI=1S/C13H20N2OS/c1-15(10-12-8-5-9-16-12)13(17)14-11-6-3-2-4-7-11/h5,8-9,11H,2-4,6-7,10H2,1H3,(H,14,17). The van der Waals surface area contributed by atoms with E-state index in [1.807, 2.05) is 24.1 Å². The topological polar surface area (TPSA) is 28.4 Å². The lowest BCUT2D eigenvalue weighted by Crippen LogP contribution is -2.43. The SMILES string of the molecule is CN(Cc1ccco1)C(=S)NC1CCCCC1. The van der Waals surface area contributed by atoms with E-state index < -0.39 is 0 Å². The number of thiocarbonyl (C=S) groups is 1. The van der Waals surface area contributed by atoms with E-state index in [0.717, 1.165) is 17.4 Å². The second kappa shape index (κ2) is 6.05. The predicted octanol–water partition coefficient (Wildman–Crippen LogP) is 2.92. The van der Waals surface area contributed by atoms with Crippen LogP contribution < -0.4 is 5.32 Å². The molecule has 3 nitrogen and oxygen atoms in total. The molecule has 1 aromatic heterocycles. The van der Waals surface area contributed by atoms with Gasteiger partial charge in [-0.05, 0) is 37.2 Å². The molecule has 1 aliphatic carbocycles. The first kappa shape index (κ1) is 12.4. The molecule has 1 aliphatic rings. The number of rotatable bonds is 3. The van der Waals surface area contributed by atoms with Crippen LogP contribution in [0.5, 0.6) is 0 Å². The number of hydrogen-bond donors (Lipinski definition) is 1. The number of nitrogens with one attached hydrogen (secondary N) is 1. The highest BCUT2D eigenvalue weighted by molar-refractivity contribution is 7.80. The third-order valence-corrected chi connectivity index (χ3v) is 3.68. The van der Waals surface area contributed by atoms with Crippen LogP contribution in [0.3, 0.4) is 0 Å². The molecule has 4 heteroatoms. The molecule has 0 radical (unpaired) electrons. The van der Waals surface area contributed by atoms with Gasteiger partial charge in [-0.15, -0.1) is 0 Å². The van der Waals surface area contributed by atoms with Gasteiger partial charge in [-0.25, -0.2) is 0 Å². The molecule has 94 valence electrons. The van der Waals surface area contributed by atoms with Crippen molar-refractivity contribution in [1.29, 1.82) is 0 Å². The van der Waals surface area contributed by atoms with Gasteiger partial charge in [0.1, 0.15) is 5.76 Å². The van der Waals surface area contributed by atoms with E-state index in [1.54, 1.807) is 6.26 Å². The first-order chi connectivity index (χ1) is 8.25. The van der Waals surface area contributed by atoms with Crippen LogP contribution in [0.25, 0.3) is 0 Å². The second-order valence-corrected chi connectivity index (χ2v) is 5.11. The molecule has 0 bridgehead atoms. The Morgan fingerprint density at radius 2 is 2.24 bits per heavy atom. The Morgan fingerprint density at radius 3 is 2.88 bits per heavy atom. The molecule has 1 fully saturated rings. The Balaban J connectivity index is 1.78. The van der Waals surface area contributed by atoms with Gasteiger partial charge in [-0.2, -0.15) is 0 Å². The first-order valence-electron chi connectivity index (χ1n) is 6.30. The highest BCUT2D eigenvalue weighted by Gasteiger charge is 2.15. The van der Waals surface area contributed by atoms with Gasteiger partial charge in [-0.3, -0.25) is 0 Å². The van der Waals surface area contributed by atoms with Gasteiger partial charge in [0.15, 0.2) is 5.11 Å². The summed E-state index contributed by atoms with van der Waals surface area (Å²) < 4.78 is 5.32. The van der Waals surface area contributed by atoms with E-state index in [4.69, 9.17) is 16.6 Å². The van der Waals surface area contributed by atoms with Gasteiger partial charge in [0.2, 0.25) is 0 Å². The van der Waals surface area contributed by atoms with Gasteiger partial charge in [0.05, 0.1) is 12.8 Å². The fourth-order valence-corrected chi connectivity index (χ4v) is 2.47. The third kappa shape index (κ3) is 3.73. The molecule has 0 unspecified atom stereocenters. The molecule has 2 rings (SSSR count). The maximum absolute atomic E-state index is 5.40. The maximum Gasteiger partial charge on any atom is 0.169 e. The number of furan rings is 1. The Bertz CT molecular complexity index is 344. The van der Waals surface area contributed by atoms with Crippen LogP contribution in [-0.2, 0) is 6.54 Å². The normalized spacial score (nSPS) is 16.8. The lowest BCUT2D eigenvalue weighted by molar-refractivity contribution is 0.374. The van der Waals surface area contributed by atoms with Crippen molar-refractivity contribution in [3.05, 3.63) is 24.2 Å². The Morgan fingerprint density at radius 1 is 1.47 bits per heavy atom. The van der Waals surface area contributed by atoms with Crippen molar-refractivity contribution in [2.45, 2.75) is 44.7 Å². The van der Waals surface area contributed by atoms with Crippen molar-refractivity contribution < 1.29 is 4.42 Å². The smallest absolute Gasteiger partial charge is 0.169 e. The van der Waals surface area contributed by atoms with Gasteiger partial charge in [0.25, 0.3) is 0 Å². The summed E-state index contributed by atoms with van der Waals surface area (Å²) in [6, 6.07) is 4.44. The molecule has 0 aliphatic heterocycles. The summed E-state index contributed by atoms with van der Waals surface area (Å²) in [5.74, 6) is 0.945. The minimum atomic E-state index is 0.565. The van der Waals surface area contributed by atoms with Crippen LogP contribution in [0, 0.1) is 0 Å². The highest BCUT2D eigenvalue weighted by Crippen LogP contribution is 2.17. The van der Waals surface area contributed by atoms with Gasteiger partial charge in [0, 0.05) is 13.1 Å². The molecular weight excluding hydrogens is 232 g/mol. The lowest BCUT2D eigenvalue weighted by atomic mass is 9.96. The number of hydrogen-bond acceptors (Lipinski definition) is 2. The molecular formula is C13H20N2OS. The summed E-state index contributed by atoms with van der Waals surface area (Å²) >= 11 is 5.40. The fraction of sp³-hybridized carbons (Fsp3) is 0.615. The van der Waals surface area contributed by atoms with E-state index in [-0.39, 0.29) is 0 Å². The molecule has 1 heterocycles. The quantitative estimate of drug-likeness (QED) is 0.837. The first-order valence-corrected chi connectivity index (χ1v) is 6.70. The fourth-order valence-electron chi connectivity index (χ4n) is 2.24. The summed E-state index contributed by atoms with van der Waals surface area (Å²) in [4.78, 5) is 2.03. The summed E-state index contributed by atoms with van der Waals surface area (Å²) in [6.07, 6.45) is 8.20. The zero-order chi connectivity index (χ0) is 12.1. The summed E-state index contributed by atoms with van der Waals surface area (Å²) in [6.45, 7) is 0.728. The minimum Gasteiger partial charge on any atom is -0.467 e. The highest BCUT2D eigenvalue weighted by atomic mass is 32.1. The monoisotopic (exact) mass is 252 g/mol. The Labute approximate surface area is 108 Å². The summed E-state index contributed by atoms with van der Waals surface area (Å²) in [5, 5.41) is 4.27. The lowest BCUT2D eigenvalue weighted by Gasteiger charge is -2.28. The predicted molar refractivity (Wildman–Crippen MR) is 72.8 cm³/mol. The molecule has 1 aromatic rings. The average Bonchev–Trinajstić information content (AvgIpc) is 2.83. The van der Waals surface area contributed by atoms with Crippen molar-refractivity contribution in [3.63, 3.8) is 0 Å². The van der Waals surface area contributed by atoms with E-state index >= 15 is 0 Å². The molecule has 1 N–H and O–H groups in total. The van der Waals surface area contributed by atoms with Gasteiger partial charge < -0.3 is 14.6 Å². The summed E-state index contributed by atoms with van der Waals surface area (Å²) in [5.41, 5.74) is 0. The molecule has 0 spiro atoms.